The van der Waals surface area contributed by atoms with Gasteiger partial charge in [0.1, 0.15) is 11.5 Å². The molecule has 0 aliphatic rings. The van der Waals surface area contributed by atoms with E-state index < -0.39 is 11.9 Å². The first kappa shape index (κ1) is 16.9. The van der Waals surface area contributed by atoms with Crippen LogP contribution in [0.1, 0.15) is 30.9 Å². The van der Waals surface area contributed by atoms with Gasteiger partial charge in [0.2, 0.25) is 0 Å². The number of methoxy groups -OCH3 is 1. The highest BCUT2D eigenvalue weighted by atomic mass is 16.5. The van der Waals surface area contributed by atoms with E-state index in [0.717, 1.165) is 11.3 Å². The molecule has 122 valence electrons. The summed E-state index contributed by atoms with van der Waals surface area (Å²) in [6.45, 7) is 3.90. The Labute approximate surface area is 136 Å². The van der Waals surface area contributed by atoms with Crippen molar-refractivity contribution in [2.45, 2.75) is 32.3 Å². The molecular formula is C19H22O4. The average molecular weight is 314 g/mol. The molecule has 23 heavy (non-hydrogen) atoms. The molecule has 2 aromatic carbocycles. The highest BCUT2D eigenvalue weighted by Crippen LogP contribution is 2.32. The monoisotopic (exact) mass is 314 g/mol. The summed E-state index contributed by atoms with van der Waals surface area (Å²) in [6, 6.07) is 14.8. The van der Waals surface area contributed by atoms with E-state index in [4.69, 9.17) is 9.47 Å². The molecular weight excluding hydrogens is 292 g/mol. The Morgan fingerprint density at radius 3 is 2.26 bits per heavy atom. The van der Waals surface area contributed by atoms with Crippen LogP contribution in [0.2, 0.25) is 0 Å². The average Bonchev–Trinajstić information content (AvgIpc) is 2.53. The van der Waals surface area contributed by atoms with Crippen molar-refractivity contribution >= 4 is 5.97 Å². The summed E-state index contributed by atoms with van der Waals surface area (Å²) in [5, 5.41) is 9.68. The topological polar surface area (TPSA) is 55.8 Å². The van der Waals surface area contributed by atoms with Crippen molar-refractivity contribution in [1.29, 1.82) is 0 Å². The quantitative estimate of drug-likeness (QED) is 0.842. The number of carbonyl (C=O) groups is 1. The molecule has 0 aliphatic heterocycles. The fraction of sp³-hybridized carbons (Fsp3) is 0.316. The van der Waals surface area contributed by atoms with Gasteiger partial charge in [0.25, 0.3) is 0 Å². The highest BCUT2D eigenvalue weighted by Gasteiger charge is 2.25. The number of para-hydroxylation sites is 2. The maximum absolute atomic E-state index is 11.8. The first-order valence-corrected chi connectivity index (χ1v) is 7.63. The Kier molecular flexibility index (Phi) is 5.63. The van der Waals surface area contributed by atoms with Crippen molar-refractivity contribution in [3.63, 3.8) is 0 Å². The molecule has 4 nitrogen and oxygen atoms in total. The first-order chi connectivity index (χ1) is 11.0. The number of carboxylic acid groups (broad SMARTS) is 1. The second-order valence-electron chi connectivity index (χ2n) is 5.61. The minimum Gasteiger partial charge on any atom is -0.496 e. The largest absolute Gasteiger partial charge is 0.496 e. The van der Waals surface area contributed by atoms with Crippen molar-refractivity contribution in [2.24, 2.45) is 0 Å². The molecule has 0 heterocycles. The predicted octanol–water partition coefficient (Wildman–Crippen LogP) is 3.89. The third kappa shape index (κ3) is 4.25. The zero-order valence-electron chi connectivity index (χ0n) is 13.7. The van der Waals surface area contributed by atoms with E-state index in [1.165, 1.54) is 0 Å². The van der Waals surface area contributed by atoms with Crippen LogP contribution in [0.25, 0.3) is 0 Å². The molecule has 0 saturated carbocycles. The van der Waals surface area contributed by atoms with Crippen molar-refractivity contribution in [1.82, 2.24) is 0 Å². The van der Waals surface area contributed by atoms with Crippen LogP contribution in [0.4, 0.5) is 0 Å². The van der Waals surface area contributed by atoms with E-state index in [2.05, 4.69) is 0 Å². The normalized spacial score (nSPS) is 12.0. The molecule has 0 aliphatic carbocycles. The van der Waals surface area contributed by atoms with Crippen LogP contribution in [0, 0.1) is 0 Å². The van der Waals surface area contributed by atoms with Crippen LogP contribution >= 0.6 is 0 Å². The van der Waals surface area contributed by atoms with Crippen LogP contribution in [0.5, 0.6) is 11.5 Å². The van der Waals surface area contributed by atoms with Crippen molar-refractivity contribution in [3.8, 4) is 11.5 Å². The van der Waals surface area contributed by atoms with E-state index in [0.29, 0.717) is 17.7 Å². The molecule has 4 heteroatoms. The molecule has 0 fully saturated rings. The maximum atomic E-state index is 11.8. The standard InChI is InChI=1S/C19H22O4/c1-13(2)23-17-10-6-4-8-14(17)12-16(19(20)21)15-9-5-7-11-18(15)22-3/h4-11,13,16H,12H2,1-3H3,(H,20,21). The van der Waals surface area contributed by atoms with E-state index in [1.54, 1.807) is 19.2 Å². The van der Waals surface area contributed by atoms with Gasteiger partial charge in [-0.2, -0.15) is 0 Å². The lowest BCUT2D eigenvalue weighted by atomic mass is 9.91. The molecule has 0 bridgehead atoms. The minimum absolute atomic E-state index is 0.0330. The molecule has 1 N–H and O–H groups in total. The van der Waals surface area contributed by atoms with Gasteiger partial charge in [-0.3, -0.25) is 4.79 Å². The number of hydrogen-bond acceptors (Lipinski definition) is 3. The Morgan fingerprint density at radius 2 is 1.65 bits per heavy atom. The Balaban J connectivity index is 2.36. The summed E-state index contributed by atoms with van der Waals surface area (Å²) in [6.07, 6.45) is 0.379. The molecule has 0 radical (unpaired) electrons. The Morgan fingerprint density at radius 1 is 1.04 bits per heavy atom. The van der Waals surface area contributed by atoms with Crippen LogP contribution in [-0.4, -0.2) is 24.3 Å². The fourth-order valence-electron chi connectivity index (χ4n) is 2.55. The lowest BCUT2D eigenvalue weighted by Crippen LogP contribution is -2.16. The summed E-state index contributed by atoms with van der Waals surface area (Å²) in [7, 11) is 1.55. The summed E-state index contributed by atoms with van der Waals surface area (Å²) >= 11 is 0. The third-order valence-electron chi connectivity index (χ3n) is 3.57. The third-order valence-corrected chi connectivity index (χ3v) is 3.57. The lowest BCUT2D eigenvalue weighted by Gasteiger charge is -2.19. The minimum atomic E-state index is -0.881. The number of ether oxygens (including phenoxy) is 2. The summed E-state index contributed by atoms with van der Waals surface area (Å²) in [5.74, 6) is -0.261. The summed E-state index contributed by atoms with van der Waals surface area (Å²) < 4.78 is 11.1. The molecule has 2 rings (SSSR count). The van der Waals surface area contributed by atoms with E-state index in [1.807, 2.05) is 50.2 Å². The Bertz CT molecular complexity index is 664. The Hall–Kier alpha value is -2.49. The molecule has 0 spiro atoms. The molecule has 0 amide bonds. The van der Waals surface area contributed by atoms with Gasteiger partial charge in [0.05, 0.1) is 19.1 Å². The van der Waals surface area contributed by atoms with Crippen LogP contribution in [-0.2, 0) is 11.2 Å². The SMILES string of the molecule is COc1ccccc1C(Cc1ccccc1OC(C)C)C(=O)O. The highest BCUT2D eigenvalue weighted by molar-refractivity contribution is 5.78. The molecule has 1 unspecified atom stereocenters. The molecule has 0 saturated heterocycles. The zero-order valence-corrected chi connectivity index (χ0v) is 13.7. The first-order valence-electron chi connectivity index (χ1n) is 7.63. The van der Waals surface area contributed by atoms with E-state index >= 15 is 0 Å². The zero-order chi connectivity index (χ0) is 16.8. The van der Waals surface area contributed by atoms with Crippen molar-refractivity contribution < 1.29 is 19.4 Å². The predicted molar refractivity (Wildman–Crippen MR) is 89.3 cm³/mol. The summed E-state index contributed by atoms with van der Waals surface area (Å²) in [4.78, 5) is 11.8. The molecule has 1 atom stereocenters. The number of aliphatic carboxylic acids is 1. The molecule has 2 aromatic rings. The van der Waals surface area contributed by atoms with Crippen LogP contribution in [0.15, 0.2) is 48.5 Å². The van der Waals surface area contributed by atoms with Gasteiger partial charge in [-0.05, 0) is 38.0 Å². The van der Waals surface area contributed by atoms with Gasteiger partial charge in [-0.25, -0.2) is 0 Å². The second-order valence-corrected chi connectivity index (χ2v) is 5.61. The molecule has 0 aromatic heterocycles. The van der Waals surface area contributed by atoms with E-state index in [9.17, 15) is 9.90 Å². The van der Waals surface area contributed by atoms with Crippen molar-refractivity contribution in [2.75, 3.05) is 7.11 Å². The lowest BCUT2D eigenvalue weighted by molar-refractivity contribution is -0.138. The van der Waals surface area contributed by atoms with Gasteiger partial charge in [0.15, 0.2) is 0 Å². The summed E-state index contributed by atoms with van der Waals surface area (Å²) in [5.41, 5.74) is 1.54. The van der Waals surface area contributed by atoms with Gasteiger partial charge in [-0.1, -0.05) is 36.4 Å². The van der Waals surface area contributed by atoms with Gasteiger partial charge < -0.3 is 14.6 Å². The van der Waals surface area contributed by atoms with Crippen molar-refractivity contribution in [3.05, 3.63) is 59.7 Å². The fourth-order valence-corrected chi connectivity index (χ4v) is 2.55. The van der Waals surface area contributed by atoms with Gasteiger partial charge in [0, 0.05) is 5.56 Å². The van der Waals surface area contributed by atoms with Crippen LogP contribution in [0.3, 0.4) is 0 Å². The smallest absolute Gasteiger partial charge is 0.311 e. The van der Waals surface area contributed by atoms with E-state index in [-0.39, 0.29) is 6.10 Å². The van der Waals surface area contributed by atoms with Gasteiger partial charge in [-0.15, -0.1) is 0 Å². The number of benzene rings is 2. The number of carboxylic acids is 1. The van der Waals surface area contributed by atoms with Crippen LogP contribution < -0.4 is 9.47 Å². The maximum Gasteiger partial charge on any atom is 0.311 e. The number of rotatable bonds is 7. The van der Waals surface area contributed by atoms with Gasteiger partial charge >= 0.3 is 5.97 Å². The number of hydrogen-bond donors (Lipinski definition) is 1. The second kappa shape index (κ2) is 7.68.